The van der Waals surface area contributed by atoms with Gasteiger partial charge in [-0.05, 0) is 37.6 Å². The highest BCUT2D eigenvalue weighted by atomic mass is 32.2. The van der Waals surface area contributed by atoms with Crippen molar-refractivity contribution >= 4 is 26.6 Å². The molecule has 1 aromatic carbocycles. The first-order valence-corrected chi connectivity index (χ1v) is 8.05. The number of fused-ring (bicyclic) bond motifs is 1. The molecule has 7 heteroatoms. The van der Waals surface area contributed by atoms with Crippen LogP contribution in [0, 0.1) is 0 Å². The lowest BCUT2D eigenvalue weighted by atomic mass is 10.2. The van der Waals surface area contributed by atoms with Gasteiger partial charge in [0.15, 0.2) is 0 Å². The minimum Gasteiger partial charge on any atom is -0.398 e. The first-order valence-electron chi connectivity index (χ1n) is 6.61. The third-order valence-electron chi connectivity index (χ3n) is 3.32. The smallest absolute Gasteiger partial charge is 0.244 e. The number of nitrogens with two attached hydrogens (primary N) is 1. The number of sulfonamides is 1. The van der Waals surface area contributed by atoms with Gasteiger partial charge in [-0.1, -0.05) is 0 Å². The molecule has 3 N–H and O–H groups in total. The number of aromatic nitrogens is 1. The van der Waals surface area contributed by atoms with Gasteiger partial charge in [-0.2, -0.15) is 0 Å². The molecule has 114 valence electrons. The molecule has 0 aliphatic rings. The van der Waals surface area contributed by atoms with Crippen molar-refractivity contribution in [3.8, 4) is 0 Å². The van der Waals surface area contributed by atoms with E-state index in [-0.39, 0.29) is 11.4 Å². The van der Waals surface area contributed by atoms with Gasteiger partial charge in [-0.3, -0.25) is 4.98 Å². The van der Waals surface area contributed by atoms with E-state index in [9.17, 15) is 13.5 Å². The minimum atomic E-state index is -3.67. The average Bonchev–Trinajstić information content (AvgIpc) is 2.45. The zero-order valence-electron chi connectivity index (χ0n) is 12.0. The van der Waals surface area contributed by atoms with E-state index in [1.54, 1.807) is 25.1 Å². The van der Waals surface area contributed by atoms with Crippen LogP contribution in [0.5, 0.6) is 0 Å². The van der Waals surface area contributed by atoms with Crippen LogP contribution in [0.4, 0.5) is 5.69 Å². The number of nitrogen functional groups attached to an aromatic ring is 1. The topological polar surface area (TPSA) is 96.5 Å². The van der Waals surface area contributed by atoms with Gasteiger partial charge in [0.05, 0.1) is 11.6 Å². The summed E-state index contributed by atoms with van der Waals surface area (Å²) >= 11 is 0. The van der Waals surface area contributed by atoms with Crippen molar-refractivity contribution in [2.24, 2.45) is 0 Å². The summed E-state index contributed by atoms with van der Waals surface area (Å²) in [6.45, 7) is 1.86. The number of benzene rings is 1. The number of pyridine rings is 1. The van der Waals surface area contributed by atoms with E-state index in [1.807, 2.05) is 0 Å². The van der Waals surface area contributed by atoms with Crippen molar-refractivity contribution in [2.75, 3.05) is 19.3 Å². The van der Waals surface area contributed by atoms with Crippen LogP contribution in [0.1, 0.15) is 13.3 Å². The number of aliphatic hydroxyl groups is 1. The van der Waals surface area contributed by atoms with Crippen LogP contribution in [0.3, 0.4) is 0 Å². The van der Waals surface area contributed by atoms with Crippen molar-refractivity contribution in [3.63, 3.8) is 0 Å². The zero-order chi connectivity index (χ0) is 15.6. The molecule has 1 unspecified atom stereocenters. The highest BCUT2D eigenvalue weighted by Gasteiger charge is 2.24. The van der Waals surface area contributed by atoms with Crippen molar-refractivity contribution in [2.45, 2.75) is 24.3 Å². The van der Waals surface area contributed by atoms with E-state index in [4.69, 9.17) is 5.73 Å². The Hall–Kier alpha value is -1.70. The Morgan fingerprint density at radius 3 is 2.76 bits per heavy atom. The number of nitrogens with zero attached hydrogens (tertiary/aromatic N) is 2. The molecule has 0 saturated carbocycles. The number of hydrogen-bond acceptors (Lipinski definition) is 5. The van der Waals surface area contributed by atoms with Crippen LogP contribution >= 0.6 is 0 Å². The van der Waals surface area contributed by atoms with Gasteiger partial charge in [0.2, 0.25) is 10.0 Å². The summed E-state index contributed by atoms with van der Waals surface area (Å²) < 4.78 is 26.5. The molecule has 21 heavy (non-hydrogen) atoms. The molecule has 0 fully saturated rings. The Bertz CT molecular complexity index is 744. The maximum absolute atomic E-state index is 12.6. The predicted octanol–water partition coefficient (Wildman–Crippen LogP) is 1.21. The van der Waals surface area contributed by atoms with E-state index in [0.29, 0.717) is 23.0 Å². The minimum absolute atomic E-state index is 0.125. The Balaban J connectivity index is 2.48. The number of anilines is 1. The second-order valence-electron chi connectivity index (χ2n) is 5.02. The van der Waals surface area contributed by atoms with Crippen LogP contribution in [-0.2, 0) is 10.0 Å². The summed E-state index contributed by atoms with van der Waals surface area (Å²) in [4.78, 5) is 4.28. The molecule has 1 atom stereocenters. The predicted molar refractivity (Wildman–Crippen MR) is 82.3 cm³/mol. The molecule has 0 amide bonds. The first-order chi connectivity index (χ1) is 9.84. The molecule has 2 aromatic rings. The van der Waals surface area contributed by atoms with Crippen LogP contribution in [0.15, 0.2) is 35.4 Å². The van der Waals surface area contributed by atoms with Gasteiger partial charge in [-0.15, -0.1) is 0 Å². The van der Waals surface area contributed by atoms with Crippen LogP contribution in [0.2, 0.25) is 0 Å². The van der Waals surface area contributed by atoms with Crippen molar-refractivity contribution in [1.82, 2.24) is 9.29 Å². The Morgan fingerprint density at radius 1 is 1.38 bits per heavy atom. The van der Waals surface area contributed by atoms with Gasteiger partial charge in [0.1, 0.15) is 4.90 Å². The molecule has 0 spiro atoms. The standard InChI is InChI=1S/C14H19N3O3S/c1-10(18)7-9-17(2)21(19,20)13-6-5-12(15)11-4-3-8-16-14(11)13/h3-6,8,10,18H,7,9,15H2,1-2H3. The van der Waals surface area contributed by atoms with Gasteiger partial charge < -0.3 is 10.8 Å². The average molecular weight is 309 g/mol. The lowest BCUT2D eigenvalue weighted by molar-refractivity contribution is 0.177. The maximum Gasteiger partial charge on any atom is 0.244 e. The summed E-state index contributed by atoms with van der Waals surface area (Å²) in [6.07, 6.45) is 1.36. The number of rotatable bonds is 5. The van der Waals surface area contributed by atoms with Crippen LogP contribution in [0.25, 0.3) is 10.9 Å². The second-order valence-corrected chi connectivity index (χ2v) is 7.03. The third-order valence-corrected chi connectivity index (χ3v) is 5.20. The van der Waals surface area contributed by atoms with E-state index in [0.717, 1.165) is 0 Å². The van der Waals surface area contributed by atoms with Crippen LogP contribution in [-0.4, -0.2) is 42.5 Å². The molecular weight excluding hydrogens is 290 g/mol. The van der Waals surface area contributed by atoms with Gasteiger partial charge in [0, 0.05) is 30.9 Å². The highest BCUT2D eigenvalue weighted by molar-refractivity contribution is 7.89. The Kier molecular flexibility index (Phi) is 4.46. The molecule has 0 aliphatic carbocycles. The van der Waals surface area contributed by atoms with E-state index in [2.05, 4.69) is 4.98 Å². The summed E-state index contributed by atoms with van der Waals surface area (Å²) in [5.41, 5.74) is 6.71. The summed E-state index contributed by atoms with van der Waals surface area (Å²) in [6, 6.07) is 6.50. The fourth-order valence-electron chi connectivity index (χ4n) is 2.03. The lowest BCUT2D eigenvalue weighted by Gasteiger charge is -2.19. The maximum atomic E-state index is 12.6. The van der Waals surface area contributed by atoms with Crippen LogP contribution < -0.4 is 5.73 Å². The molecular formula is C14H19N3O3S. The lowest BCUT2D eigenvalue weighted by Crippen LogP contribution is -2.29. The first kappa shape index (κ1) is 15.7. The Morgan fingerprint density at radius 2 is 2.10 bits per heavy atom. The van der Waals surface area contributed by atoms with Gasteiger partial charge in [0.25, 0.3) is 0 Å². The summed E-state index contributed by atoms with van der Waals surface area (Å²) in [7, 11) is -2.18. The zero-order valence-corrected chi connectivity index (χ0v) is 12.8. The number of aliphatic hydroxyl groups excluding tert-OH is 1. The molecule has 0 bridgehead atoms. The normalized spacial score (nSPS) is 13.7. The van der Waals surface area contributed by atoms with Gasteiger partial charge in [-0.25, -0.2) is 12.7 Å². The molecule has 0 aliphatic heterocycles. The van der Waals surface area contributed by atoms with E-state index in [1.165, 1.54) is 23.6 Å². The Labute approximate surface area is 124 Å². The molecule has 0 radical (unpaired) electrons. The summed E-state index contributed by atoms with van der Waals surface area (Å²) in [5.74, 6) is 0. The molecule has 6 nitrogen and oxygen atoms in total. The molecule has 0 saturated heterocycles. The molecule has 2 rings (SSSR count). The van der Waals surface area contributed by atoms with E-state index >= 15 is 0 Å². The van der Waals surface area contributed by atoms with Crippen molar-refractivity contribution in [3.05, 3.63) is 30.5 Å². The summed E-state index contributed by atoms with van der Waals surface area (Å²) in [5, 5.41) is 9.91. The SMILES string of the molecule is CC(O)CCN(C)S(=O)(=O)c1ccc(N)c2cccnc12. The fourth-order valence-corrected chi connectivity index (χ4v) is 3.36. The van der Waals surface area contributed by atoms with Crippen molar-refractivity contribution in [1.29, 1.82) is 0 Å². The highest BCUT2D eigenvalue weighted by Crippen LogP contribution is 2.27. The molecule has 1 heterocycles. The van der Waals surface area contributed by atoms with Crippen molar-refractivity contribution < 1.29 is 13.5 Å². The van der Waals surface area contributed by atoms with E-state index < -0.39 is 16.1 Å². The molecule has 1 aromatic heterocycles. The quantitative estimate of drug-likeness (QED) is 0.809. The van der Waals surface area contributed by atoms with Gasteiger partial charge >= 0.3 is 0 Å². The second kappa shape index (κ2) is 5.97. The largest absolute Gasteiger partial charge is 0.398 e. The third kappa shape index (κ3) is 3.15. The number of hydrogen-bond donors (Lipinski definition) is 2. The monoisotopic (exact) mass is 309 g/mol. The fraction of sp³-hybridized carbons (Fsp3) is 0.357.